The van der Waals surface area contributed by atoms with Gasteiger partial charge in [0.05, 0.1) is 5.69 Å². The number of aliphatic hydroxyl groups is 1. The number of benzene rings is 1. The van der Waals surface area contributed by atoms with Crippen molar-refractivity contribution in [3.05, 3.63) is 47.5 Å². The molecule has 10 heteroatoms. The number of hydrogen-bond acceptors (Lipinski definition) is 8. The molecule has 5 rings (SSSR count). The number of amides is 2. The number of likely N-dealkylation sites (N-methyl/N-ethyl adjacent to an activating group) is 1. The maximum absolute atomic E-state index is 12.5. The average molecular weight is 479 g/mol. The number of rotatable bonds is 5. The summed E-state index contributed by atoms with van der Waals surface area (Å²) in [6.07, 6.45) is 2.92. The standard InChI is InChI=1S/C24H26N6O3S/c1-15(31)30-10-7-18(13-30)26-23-25-9-6-19(28-23)20-14-34-21(27-20)16-4-3-5-17(12-16)24(33)8-11-29(2)22(24)32/h3-6,9,12,14,18,33H,7-8,10-11,13H2,1-2H3,(H,25,26,28). The molecule has 176 valence electrons. The van der Waals surface area contributed by atoms with Crippen molar-refractivity contribution in [1.82, 2.24) is 24.8 Å². The summed E-state index contributed by atoms with van der Waals surface area (Å²) >= 11 is 1.48. The minimum Gasteiger partial charge on any atom is -0.375 e. The van der Waals surface area contributed by atoms with Gasteiger partial charge in [0.15, 0.2) is 5.60 Å². The highest BCUT2D eigenvalue weighted by Crippen LogP contribution is 2.36. The van der Waals surface area contributed by atoms with Crippen molar-refractivity contribution in [1.29, 1.82) is 0 Å². The van der Waals surface area contributed by atoms with Gasteiger partial charge in [-0.05, 0) is 24.1 Å². The Labute approximate surface area is 201 Å². The van der Waals surface area contributed by atoms with Crippen LogP contribution in [0.3, 0.4) is 0 Å². The van der Waals surface area contributed by atoms with Gasteiger partial charge in [-0.25, -0.2) is 15.0 Å². The molecule has 3 aromatic rings. The minimum atomic E-state index is -1.49. The summed E-state index contributed by atoms with van der Waals surface area (Å²) in [4.78, 5) is 41.1. The van der Waals surface area contributed by atoms with Gasteiger partial charge < -0.3 is 20.2 Å². The lowest BCUT2D eigenvalue weighted by molar-refractivity contribution is -0.143. The van der Waals surface area contributed by atoms with Crippen molar-refractivity contribution in [3.63, 3.8) is 0 Å². The molecule has 0 radical (unpaired) electrons. The predicted molar refractivity (Wildman–Crippen MR) is 129 cm³/mol. The topological polar surface area (TPSA) is 112 Å². The lowest BCUT2D eigenvalue weighted by Crippen LogP contribution is -2.36. The van der Waals surface area contributed by atoms with E-state index in [1.54, 1.807) is 31.1 Å². The molecule has 2 aromatic heterocycles. The SMILES string of the molecule is CC(=O)N1CCC(Nc2nccc(-c3csc(-c4cccc(C5(O)CCN(C)C5=O)c4)n3)n2)C1. The third kappa shape index (κ3) is 4.14. The number of carbonyl (C=O) groups is 2. The molecular formula is C24H26N6O3S. The summed E-state index contributed by atoms with van der Waals surface area (Å²) < 4.78 is 0. The Hall–Kier alpha value is -3.37. The largest absolute Gasteiger partial charge is 0.375 e. The fourth-order valence-corrected chi connectivity index (χ4v) is 5.28. The Bertz CT molecular complexity index is 1250. The second-order valence-electron chi connectivity index (χ2n) is 8.82. The van der Waals surface area contributed by atoms with Gasteiger partial charge in [0.25, 0.3) is 5.91 Å². The van der Waals surface area contributed by atoms with E-state index in [4.69, 9.17) is 4.98 Å². The van der Waals surface area contributed by atoms with Gasteiger partial charge in [-0.1, -0.05) is 18.2 Å². The normalized spacial score (nSPS) is 22.4. The highest BCUT2D eigenvalue weighted by atomic mass is 32.1. The van der Waals surface area contributed by atoms with Crippen LogP contribution in [-0.2, 0) is 15.2 Å². The summed E-state index contributed by atoms with van der Waals surface area (Å²) in [5, 5.41) is 17.0. The number of likely N-dealkylation sites (tertiary alicyclic amines) is 2. The van der Waals surface area contributed by atoms with E-state index in [1.165, 1.54) is 11.3 Å². The zero-order chi connectivity index (χ0) is 23.9. The van der Waals surface area contributed by atoms with E-state index in [0.717, 1.165) is 29.2 Å². The van der Waals surface area contributed by atoms with Crippen LogP contribution in [0.4, 0.5) is 5.95 Å². The number of nitrogens with one attached hydrogen (secondary N) is 1. The van der Waals surface area contributed by atoms with Gasteiger partial charge in [-0.3, -0.25) is 9.59 Å². The summed E-state index contributed by atoms with van der Waals surface area (Å²) in [6, 6.07) is 9.32. The van der Waals surface area contributed by atoms with E-state index >= 15 is 0 Å². The molecule has 4 heterocycles. The summed E-state index contributed by atoms with van der Waals surface area (Å²) in [6.45, 7) is 3.49. The Morgan fingerprint density at radius 3 is 2.82 bits per heavy atom. The average Bonchev–Trinajstić information content (AvgIpc) is 3.57. The van der Waals surface area contributed by atoms with Crippen molar-refractivity contribution >= 4 is 29.1 Å². The molecule has 2 aliphatic heterocycles. The van der Waals surface area contributed by atoms with Crippen LogP contribution in [0.1, 0.15) is 25.3 Å². The van der Waals surface area contributed by atoms with Crippen molar-refractivity contribution in [2.45, 2.75) is 31.4 Å². The highest BCUT2D eigenvalue weighted by Gasteiger charge is 2.45. The first-order valence-electron chi connectivity index (χ1n) is 11.2. The third-order valence-corrected chi connectivity index (χ3v) is 7.38. The molecular weight excluding hydrogens is 452 g/mol. The van der Waals surface area contributed by atoms with Gasteiger partial charge in [0.2, 0.25) is 11.9 Å². The van der Waals surface area contributed by atoms with Crippen LogP contribution in [0.2, 0.25) is 0 Å². The molecule has 2 N–H and O–H groups in total. The number of carbonyl (C=O) groups excluding carboxylic acids is 2. The zero-order valence-electron chi connectivity index (χ0n) is 19.1. The quantitative estimate of drug-likeness (QED) is 0.579. The fourth-order valence-electron chi connectivity index (χ4n) is 4.47. The van der Waals surface area contributed by atoms with Gasteiger partial charge in [-0.2, -0.15) is 0 Å². The van der Waals surface area contributed by atoms with E-state index in [2.05, 4.69) is 15.3 Å². The first kappa shape index (κ1) is 22.4. The monoisotopic (exact) mass is 478 g/mol. The Morgan fingerprint density at radius 2 is 2.09 bits per heavy atom. The van der Waals surface area contributed by atoms with Crippen LogP contribution < -0.4 is 5.32 Å². The molecule has 0 spiro atoms. The molecule has 1 aromatic carbocycles. The van der Waals surface area contributed by atoms with Crippen LogP contribution >= 0.6 is 11.3 Å². The molecule has 0 aliphatic carbocycles. The number of thiazole rings is 1. The van der Waals surface area contributed by atoms with Gasteiger partial charge >= 0.3 is 0 Å². The summed E-state index contributed by atoms with van der Waals surface area (Å²) in [7, 11) is 1.70. The van der Waals surface area contributed by atoms with Crippen molar-refractivity contribution in [2.24, 2.45) is 0 Å². The molecule has 0 bridgehead atoms. The van der Waals surface area contributed by atoms with Crippen LogP contribution in [0.25, 0.3) is 22.0 Å². The molecule has 2 atom stereocenters. The predicted octanol–water partition coefficient (Wildman–Crippen LogP) is 2.35. The van der Waals surface area contributed by atoms with Crippen LogP contribution in [0.5, 0.6) is 0 Å². The van der Waals surface area contributed by atoms with E-state index in [-0.39, 0.29) is 17.9 Å². The lowest BCUT2D eigenvalue weighted by Gasteiger charge is -2.21. The highest BCUT2D eigenvalue weighted by molar-refractivity contribution is 7.13. The van der Waals surface area contributed by atoms with E-state index < -0.39 is 5.60 Å². The fraction of sp³-hybridized carbons (Fsp3) is 0.375. The molecule has 2 fully saturated rings. The molecule has 34 heavy (non-hydrogen) atoms. The minimum absolute atomic E-state index is 0.0782. The van der Waals surface area contributed by atoms with Gasteiger partial charge in [0.1, 0.15) is 10.7 Å². The second kappa shape index (κ2) is 8.77. The van der Waals surface area contributed by atoms with Gasteiger partial charge in [0, 0.05) is 63.2 Å². The third-order valence-electron chi connectivity index (χ3n) is 6.49. The van der Waals surface area contributed by atoms with Crippen LogP contribution in [-0.4, -0.2) is 74.4 Å². The first-order valence-corrected chi connectivity index (χ1v) is 12.1. The Morgan fingerprint density at radius 1 is 1.24 bits per heavy atom. The van der Waals surface area contributed by atoms with Crippen LogP contribution in [0, 0.1) is 0 Å². The van der Waals surface area contributed by atoms with Crippen molar-refractivity contribution in [2.75, 3.05) is 32.0 Å². The number of hydrogen-bond donors (Lipinski definition) is 2. The van der Waals surface area contributed by atoms with E-state index in [0.29, 0.717) is 36.7 Å². The smallest absolute Gasteiger partial charge is 0.258 e. The lowest BCUT2D eigenvalue weighted by atomic mass is 9.91. The second-order valence-corrected chi connectivity index (χ2v) is 9.67. The maximum Gasteiger partial charge on any atom is 0.258 e. The van der Waals surface area contributed by atoms with Crippen molar-refractivity contribution < 1.29 is 14.7 Å². The maximum atomic E-state index is 12.5. The van der Waals surface area contributed by atoms with Crippen LogP contribution in [0.15, 0.2) is 41.9 Å². The van der Waals surface area contributed by atoms with E-state index in [9.17, 15) is 14.7 Å². The zero-order valence-corrected chi connectivity index (χ0v) is 19.9. The molecule has 2 saturated heterocycles. The van der Waals surface area contributed by atoms with Gasteiger partial charge in [-0.15, -0.1) is 11.3 Å². The van der Waals surface area contributed by atoms with Crippen molar-refractivity contribution in [3.8, 4) is 22.0 Å². The molecule has 0 saturated carbocycles. The van der Waals surface area contributed by atoms with E-state index in [1.807, 2.05) is 34.5 Å². The number of nitrogens with zero attached hydrogens (tertiary/aromatic N) is 5. The summed E-state index contributed by atoms with van der Waals surface area (Å²) in [5.74, 6) is 0.309. The number of aromatic nitrogens is 3. The summed E-state index contributed by atoms with van der Waals surface area (Å²) in [5.41, 5.74) is 1.36. The first-order chi connectivity index (χ1) is 16.3. The molecule has 9 nitrogen and oxygen atoms in total. The Kier molecular flexibility index (Phi) is 5.78. The Balaban J connectivity index is 1.35. The molecule has 2 unspecified atom stereocenters. The number of anilines is 1. The molecule has 2 aliphatic rings. The molecule has 2 amide bonds.